The van der Waals surface area contributed by atoms with E-state index in [1.54, 1.807) is 17.9 Å². The van der Waals surface area contributed by atoms with E-state index in [4.69, 9.17) is 4.74 Å². The molecular weight excluding hydrogens is 216 g/mol. The lowest BCUT2D eigenvalue weighted by Gasteiger charge is -2.07. The second kappa shape index (κ2) is 4.82. The Morgan fingerprint density at radius 2 is 2.24 bits per heavy atom. The van der Waals surface area contributed by atoms with Crippen molar-refractivity contribution in [3.63, 3.8) is 0 Å². The standard InChI is InChI=1S/C13H14N2O2/c1-3-11-7-10(9-16)14-15(11)12-5-4-6-13(8-12)17-2/h4-9H,3H2,1-2H3. The van der Waals surface area contributed by atoms with Crippen LogP contribution in [0.2, 0.25) is 0 Å². The topological polar surface area (TPSA) is 44.1 Å². The molecule has 2 rings (SSSR count). The molecule has 0 aliphatic rings. The first-order valence-corrected chi connectivity index (χ1v) is 5.47. The quantitative estimate of drug-likeness (QED) is 0.757. The highest BCUT2D eigenvalue weighted by atomic mass is 16.5. The lowest BCUT2D eigenvalue weighted by molar-refractivity contribution is 0.111. The fraction of sp³-hybridized carbons (Fsp3) is 0.231. The molecule has 0 bridgehead atoms. The molecule has 2 aromatic rings. The summed E-state index contributed by atoms with van der Waals surface area (Å²) in [6.07, 6.45) is 1.58. The van der Waals surface area contributed by atoms with Crippen molar-refractivity contribution in [3.05, 3.63) is 41.7 Å². The number of aldehydes is 1. The Morgan fingerprint density at radius 1 is 1.41 bits per heavy atom. The van der Waals surface area contributed by atoms with Crippen LogP contribution < -0.4 is 4.74 Å². The lowest BCUT2D eigenvalue weighted by atomic mass is 10.2. The number of carbonyl (C=O) groups is 1. The zero-order valence-electron chi connectivity index (χ0n) is 9.88. The molecule has 4 heteroatoms. The number of carbonyl (C=O) groups excluding carboxylic acids is 1. The van der Waals surface area contributed by atoms with E-state index < -0.39 is 0 Å². The SMILES string of the molecule is CCc1cc(C=O)nn1-c1cccc(OC)c1. The molecule has 1 heterocycles. The molecule has 0 radical (unpaired) electrons. The van der Waals surface area contributed by atoms with Crippen molar-refractivity contribution in [2.75, 3.05) is 7.11 Å². The third-order valence-electron chi connectivity index (χ3n) is 2.58. The lowest BCUT2D eigenvalue weighted by Crippen LogP contribution is -2.01. The third kappa shape index (κ3) is 2.20. The summed E-state index contributed by atoms with van der Waals surface area (Å²) in [6, 6.07) is 9.39. The van der Waals surface area contributed by atoms with Crippen LogP contribution in [0, 0.1) is 0 Å². The summed E-state index contributed by atoms with van der Waals surface area (Å²) >= 11 is 0. The Kier molecular flexibility index (Phi) is 3.23. The molecule has 17 heavy (non-hydrogen) atoms. The van der Waals surface area contributed by atoms with E-state index >= 15 is 0 Å². The van der Waals surface area contributed by atoms with Crippen molar-refractivity contribution in [3.8, 4) is 11.4 Å². The largest absolute Gasteiger partial charge is 0.497 e. The summed E-state index contributed by atoms with van der Waals surface area (Å²) in [6.45, 7) is 2.03. The van der Waals surface area contributed by atoms with Crippen LogP contribution in [0.3, 0.4) is 0 Å². The second-order valence-electron chi connectivity index (χ2n) is 3.65. The molecule has 1 aromatic carbocycles. The van der Waals surface area contributed by atoms with Gasteiger partial charge in [-0.05, 0) is 24.6 Å². The van der Waals surface area contributed by atoms with Gasteiger partial charge in [-0.15, -0.1) is 0 Å². The molecule has 0 amide bonds. The van der Waals surface area contributed by atoms with E-state index in [2.05, 4.69) is 5.10 Å². The van der Waals surface area contributed by atoms with Gasteiger partial charge >= 0.3 is 0 Å². The van der Waals surface area contributed by atoms with Crippen molar-refractivity contribution in [2.45, 2.75) is 13.3 Å². The maximum absolute atomic E-state index is 10.7. The fourth-order valence-electron chi connectivity index (χ4n) is 1.72. The molecule has 0 unspecified atom stereocenters. The molecule has 0 aliphatic heterocycles. The van der Waals surface area contributed by atoms with Gasteiger partial charge in [-0.2, -0.15) is 5.10 Å². The highest BCUT2D eigenvalue weighted by molar-refractivity contribution is 5.72. The van der Waals surface area contributed by atoms with Gasteiger partial charge < -0.3 is 4.74 Å². The molecule has 1 aromatic heterocycles. The summed E-state index contributed by atoms with van der Waals surface area (Å²) in [4.78, 5) is 10.7. The highest BCUT2D eigenvalue weighted by Crippen LogP contribution is 2.18. The molecule has 0 atom stereocenters. The van der Waals surface area contributed by atoms with Crippen LogP contribution >= 0.6 is 0 Å². The van der Waals surface area contributed by atoms with Crippen molar-refractivity contribution in [2.24, 2.45) is 0 Å². The number of benzene rings is 1. The number of ether oxygens (including phenoxy) is 1. The van der Waals surface area contributed by atoms with Crippen molar-refractivity contribution < 1.29 is 9.53 Å². The number of aryl methyl sites for hydroxylation is 1. The van der Waals surface area contributed by atoms with Crippen LogP contribution in [0.4, 0.5) is 0 Å². The summed E-state index contributed by atoms with van der Waals surface area (Å²) in [5.41, 5.74) is 2.35. The van der Waals surface area contributed by atoms with E-state index in [0.717, 1.165) is 29.8 Å². The Bertz CT molecular complexity index is 532. The average molecular weight is 230 g/mol. The van der Waals surface area contributed by atoms with Gasteiger partial charge in [-0.25, -0.2) is 4.68 Å². The monoisotopic (exact) mass is 230 g/mol. The minimum atomic E-state index is 0.449. The van der Waals surface area contributed by atoms with Gasteiger partial charge in [-0.1, -0.05) is 13.0 Å². The van der Waals surface area contributed by atoms with Gasteiger partial charge in [-0.3, -0.25) is 4.79 Å². The van der Waals surface area contributed by atoms with Gasteiger partial charge in [0, 0.05) is 11.8 Å². The molecule has 88 valence electrons. The maximum Gasteiger partial charge on any atom is 0.170 e. The Hall–Kier alpha value is -2.10. The normalized spacial score (nSPS) is 10.2. The van der Waals surface area contributed by atoms with Gasteiger partial charge in [0.1, 0.15) is 11.4 Å². The molecule has 0 spiro atoms. The number of aromatic nitrogens is 2. The molecule has 4 nitrogen and oxygen atoms in total. The minimum Gasteiger partial charge on any atom is -0.497 e. The zero-order chi connectivity index (χ0) is 12.3. The van der Waals surface area contributed by atoms with Crippen LogP contribution in [0.5, 0.6) is 5.75 Å². The smallest absolute Gasteiger partial charge is 0.170 e. The van der Waals surface area contributed by atoms with Crippen LogP contribution in [-0.2, 0) is 6.42 Å². The Morgan fingerprint density at radius 3 is 2.88 bits per heavy atom. The molecule has 0 aliphatic carbocycles. The number of rotatable bonds is 4. The van der Waals surface area contributed by atoms with Crippen molar-refractivity contribution in [1.29, 1.82) is 0 Å². The van der Waals surface area contributed by atoms with Crippen LogP contribution in [0.25, 0.3) is 5.69 Å². The van der Waals surface area contributed by atoms with Gasteiger partial charge in [0.05, 0.1) is 12.8 Å². The number of hydrogen-bond donors (Lipinski definition) is 0. The van der Waals surface area contributed by atoms with Gasteiger partial charge in [0.2, 0.25) is 0 Å². The summed E-state index contributed by atoms with van der Waals surface area (Å²) in [5, 5.41) is 4.24. The Balaban J connectivity index is 2.50. The van der Waals surface area contributed by atoms with Gasteiger partial charge in [0.25, 0.3) is 0 Å². The molecule has 0 fully saturated rings. The summed E-state index contributed by atoms with van der Waals surface area (Å²) < 4.78 is 6.94. The minimum absolute atomic E-state index is 0.449. The maximum atomic E-state index is 10.7. The zero-order valence-corrected chi connectivity index (χ0v) is 9.88. The number of nitrogens with zero attached hydrogens (tertiary/aromatic N) is 2. The average Bonchev–Trinajstić information content (AvgIpc) is 2.82. The summed E-state index contributed by atoms with van der Waals surface area (Å²) in [7, 11) is 1.62. The molecular formula is C13H14N2O2. The molecule has 0 saturated heterocycles. The van der Waals surface area contributed by atoms with Gasteiger partial charge in [0.15, 0.2) is 6.29 Å². The molecule has 0 N–H and O–H groups in total. The first-order valence-electron chi connectivity index (χ1n) is 5.47. The number of hydrogen-bond acceptors (Lipinski definition) is 3. The van der Waals surface area contributed by atoms with E-state index in [9.17, 15) is 4.79 Å². The predicted molar refractivity (Wildman–Crippen MR) is 64.9 cm³/mol. The predicted octanol–water partition coefficient (Wildman–Crippen LogP) is 2.26. The second-order valence-corrected chi connectivity index (χ2v) is 3.65. The van der Waals surface area contributed by atoms with E-state index in [1.807, 2.05) is 31.2 Å². The third-order valence-corrected chi connectivity index (χ3v) is 2.58. The fourth-order valence-corrected chi connectivity index (χ4v) is 1.72. The first kappa shape index (κ1) is 11.4. The molecule has 0 saturated carbocycles. The van der Waals surface area contributed by atoms with E-state index in [-0.39, 0.29) is 0 Å². The summed E-state index contributed by atoms with van der Waals surface area (Å²) in [5.74, 6) is 0.771. The van der Waals surface area contributed by atoms with Crippen molar-refractivity contribution in [1.82, 2.24) is 9.78 Å². The van der Waals surface area contributed by atoms with Crippen LogP contribution in [0.15, 0.2) is 30.3 Å². The van der Waals surface area contributed by atoms with E-state index in [0.29, 0.717) is 5.69 Å². The first-order chi connectivity index (χ1) is 8.28. The van der Waals surface area contributed by atoms with Crippen LogP contribution in [0.1, 0.15) is 23.1 Å². The number of methoxy groups -OCH3 is 1. The van der Waals surface area contributed by atoms with Crippen LogP contribution in [-0.4, -0.2) is 23.2 Å². The Labute approximate surface area is 99.8 Å². The highest BCUT2D eigenvalue weighted by Gasteiger charge is 2.08. The van der Waals surface area contributed by atoms with Crippen molar-refractivity contribution >= 4 is 6.29 Å². The van der Waals surface area contributed by atoms with E-state index in [1.165, 1.54) is 0 Å².